The molecule has 0 amide bonds. The first kappa shape index (κ1) is 33.5. The smallest absolute Gasteiger partial charge is 0.310 e. The van der Waals surface area contributed by atoms with Crippen LogP contribution in [0.5, 0.6) is 11.5 Å². The summed E-state index contributed by atoms with van der Waals surface area (Å²) in [4.78, 5) is 19.5. The van der Waals surface area contributed by atoms with Gasteiger partial charge in [0.05, 0.1) is 47.8 Å². The molecule has 0 fully saturated rings. The number of carbonyl (C=O) groups excluding carboxylic acids is 1. The van der Waals surface area contributed by atoms with Crippen LogP contribution in [0.3, 0.4) is 0 Å². The Morgan fingerprint density at radius 3 is 2.45 bits per heavy atom. The lowest BCUT2D eigenvalue weighted by Crippen LogP contribution is -2.33. The van der Waals surface area contributed by atoms with E-state index in [-0.39, 0.29) is 12.2 Å². The molecule has 6 rings (SSSR count). The minimum absolute atomic E-state index is 0.00305. The monoisotopic (exact) mass is 654 g/mol. The summed E-state index contributed by atoms with van der Waals surface area (Å²) in [5, 5.41) is 24.0. The number of phenols is 1. The van der Waals surface area contributed by atoms with Crippen LogP contribution >= 0.6 is 11.6 Å². The summed E-state index contributed by atoms with van der Waals surface area (Å²) in [5.74, 6) is 0.503. The van der Waals surface area contributed by atoms with Gasteiger partial charge in [-0.05, 0) is 69.2 Å². The third-order valence-corrected chi connectivity index (χ3v) is 7.80. The fourth-order valence-electron chi connectivity index (χ4n) is 5.40. The Hall–Kier alpha value is -4.86. The highest BCUT2D eigenvalue weighted by atomic mass is 35.5. The van der Waals surface area contributed by atoms with Crippen molar-refractivity contribution in [2.45, 2.75) is 39.7 Å². The number of methoxy groups -OCH3 is 1. The number of halogens is 1. The predicted molar refractivity (Wildman–Crippen MR) is 186 cm³/mol. The van der Waals surface area contributed by atoms with Crippen molar-refractivity contribution >= 4 is 28.9 Å². The second kappa shape index (κ2) is 13.9. The zero-order chi connectivity index (χ0) is 33.9. The van der Waals surface area contributed by atoms with E-state index in [9.17, 15) is 9.90 Å². The van der Waals surface area contributed by atoms with Crippen molar-refractivity contribution in [2.75, 3.05) is 31.7 Å². The van der Waals surface area contributed by atoms with Crippen molar-refractivity contribution in [1.82, 2.24) is 14.6 Å². The van der Waals surface area contributed by atoms with Crippen molar-refractivity contribution in [3.05, 3.63) is 95.7 Å². The van der Waals surface area contributed by atoms with Gasteiger partial charge in [0.25, 0.3) is 0 Å². The summed E-state index contributed by atoms with van der Waals surface area (Å²) >= 11 is 7.16. The Kier molecular flexibility index (Phi) is 9.88. The van der Waals surface area contributed by atoms with Gasteiger partial charge in [-0.3, -0.25) is 4.79 Å². The highest BCUT2D eigenvalue weighted by molar-refractivity contribution is 6.36. The summed E-state index contributed by atoms with van der Waals surface area (Å²) in [6, 6.07) is 20.8. The number of benzene rings is 3. The van der Waals surface area contributed by atoms with Crippen molar-refractivity contribution in [3.8, 4) is 45.1 Å². The van der Waals surface area contributed by atoms with Gasteiger partial charge in [-0.2, -0.15) is 5.10 Å². The first-order chi connectivity index (χ1) is 22.4. The molecule has 9 nitrogen and oxygen atoms in total. The van der Waals surface area contributed by atoms with Gasteiger partial charge in [0.15, 0.2) is 5.65 Å². The van der Waals surface area contributed by atoms with Crippen LogP contribution in [0.4, 0.5) is 5.69 Å². The van der Waals surface area contributed by atoms with Crippen LogP contribution in [0, 0.1) is 6.92 Å². The van der Waals surface area contributed by atoms with Gasteiger partial charge in [-0.1, -0.05) is 48.0 Å². The van der Waals surface area contributed by atoms with E-state index in [1.165, 1.54) is 7.11 Å². The second-order valence-electron chi connectivity index (χ2n) is 12.2. The van der Waals surface area contributed by atoms with Crippen molar-refractivity contribution < 1.29 is 24.5 Å². The molecule has 5 aromatic rings. The number of ether oxygens (including phenoxy) is 2. The van der Waals surface area contributed by atoms with E-state index in [4.69, 9.17) is 36.3 Å². The highest BCUT2D eigenvalue weighted by Gasteiger charge is 2.27. The highest BCUT2D eigenvalue weighted by Crippen LogP contribution is 2.45. The molecule has 0 saturated carbocycles. The molecule has 0 bridgehead atoms. The molecular formula is C37H39ClN4O5. The average molecular weight is 655 g/mol. The third kappa shape index (κ3) is 7.59. The van der Waals surface area contributed by atoms with Gasteiger partial charge >= 0.3 is 5.97 Å². The number of phenolic OH excluding ortho intramolecular Hbond substituents is 1. The number of aliphatic hydroxyl groups is 1. The lowest BCUT2D eigenvalue weighted by molar-refractivity contribution is -0.139. The summed E-state index contributed by atoms with van der Waals surface area (Å²) < 4.78 is 12.7. The van der Waals surface area contributed by atoms with Crippen LogP contribution in [0.15, 0.2) is 79.4 Å². The van der Waals surface area contributed by atoms with Crippen LogP contribution in [-0.4, -0.2) is 63.2 Å². The molecule has 2 N–H and O–H groups in total. The molecule has 0 unspecified atom stereocenters. The number of anilines is 1. The number of aromatic hydroxyl groups is 1. The molecule has 0 radical (unpaired) electrons. The summed E-state index contributed by atoms with van der Waals surface area (Å²) in [5.41, 5.74) is 7.01. The normalized spacial score (nSPS) is 12.5. The van der Waals surface area contributed by atoms with Gasteiger partial charge in [0, 0.05) is 35.0 Å². The van der Waals surface area contributed by atoms with Gasteiger partial charge in [0.1, 0.15) is 18.1 Å². The van der Waals surface area contributed by atoms with Crippen LogP contribution < -0.4 is 9.64 Å². The summed E-state index contributed by atoms with van der Waals surface area (Å²) in [7, 11) is 1.37. The Labute approximate surface area is 279 Å². The molecule has 1 aliphatic rings. The van der Waals surface area contributed by atoms with Crippen molar-refractivity contribution in [3.63, 3.8) is 0 Å². The third-order valence-electron chi connectivity index (χ3n) is 7.41. The Morgan fingerprint density at radius 1 is 1.09 bits per heavy atom. The zero-order valence-electron chi connectivity index (χ0n) is 27.2. The number of esters is 1. The summed E-state index contributed by atoms with van der Waals surface area (Å²) in [6.07, 6.45) is 1.84. The van der Waals surface area contributed by atoms with E-state index < -0.39 is 11.6 Å². The molecule has 3 aromatic carbocycles. The second-order valence-corrected chi connectivity index (χ2v) is 12.6. The van der Waals surface area contributed by atoms with Gasteiger partial charge in [-0.15, -0.1) is 6.58 Å². The molecule has 1 aliphatic heterocycles. The lowest BCUT2D eigenvalue weighted by Gasteiger charge is -2.32. The Bertz CT molecular complexity index is 1940. The number of fused-ring (bicyclic) bond motifs is 2. The molecule has 0 saturated heterocycles. The molecule has 10 heteroatoms. The van der Waals surface area contributed by atoms with Gasteiger partial charge < -0.3 is 24.6 Å². The van der Waals surface area contributed by atoms with E-state index in [0.717, 1.165) is 22.4 Å². The quantitative estimate of drug-likeness (QED) is 0.139. The predicted octanol–water partition coefficient (Wildman–Crippen LogP) is 7.28. The van der Waals surface area contributed by atoms with Crippen LogP contribution in [0.2, 0.25) is 5.02 Å². The number of nitrogens with zero attached hydrogens (tertiary/aromatic N) is 4. The minimum Gasteiger partial charge on any atom is -0.508 e. The fraction of sp³-hybridized carbons (Fsp3) is 0.270. The van der Waals surface area contributed by atoms with Crippen molar-refractivity contribution in [2.24, 2.45) is 0 Å². The lowest BCUT2D eigenvalue weighted by atomic mass is 10.00. The Balaban J connectivity index is 0.000000807. The molecular weight excluding hydrogens is 616 g/mol. The fourth-order valence-corrected chi connectivity index (χ4v) is 5.77. The number of aryl methyl sites for hydroxylation is 1. The number of carbonyl (C=O) groups is 1. The number of rotatable bonds is 7. The van der Waals surface area contributed by atoms with Gasteiger partial charge in [-0.25, -0.2) is 9.50 Å². The van der Waals surface area contributed by atoms with E-state index in [0.29, 0.717) is 64.3 Å². The van der Waals surface area contributed by atoms with Crippen molar-refractivity contribution in [1.29, 1.82) is 0 Å². The number of aromatic nitrogens is 3. The maximum Gasteiger partial charge on any atom is 0.310 e. The molecule has 0 spiro atoms. The Morgan fingerprint density at radius 2 is 1.77 bits per heavy atom. The molecule has 47 heavy (non-hydrogen) atoms. The van der Waals surface area contributed by atoms with Crippen LogP contribution in [0.1, 0.15) is 32.0 Å². The maximum atomic E-state index is 12.6. The standard InChI is InChI=1S/C33H29ClN4O4.C4H10O/c1-4-13-37-14-15-42-28-12-11-25(31(34)33(28)37)32-26(18-30(40)41-3)20(2)35-29-19-27(36-38(29)32)23-9-5-7-21(16-23)22-8-6-10-24(39)17-22;1-4(2,3)5/h4-12,16-17,19,39H,1,13-15,18H2,2-3H3;5H,1-3H3. The molecule has 244 valence electrons. The average Bonchev–Trinajstić information content (AvgIpc) is 3.45. The SMILES string of the molecule is C=CCN1CCOc2ccc(-c3c(CC(=O)OC)c(C)nc4cc(-c5cccc(-c6cccc(O)c6)c5)nn34)c(Cl)c21.CC(C)(C)O. The van der Waals surface area contributed by atoms with E-state index in [1.54, 1.807) is 37.4 Å². The van der Waals surface area contributed by atoms with Crippen LogP contribution in [0.25, 0.3) is 39.3 Å². The molecule has 3 heterocycles. The van der Waals surface area contributed by atoms with E-state index in [2.05, 4.69) is 11.5 Å². The number of hydrogen-bond acceptors (Lipinski definition) is 8. The zero-order valence-corrected chi connectivity index (χ0v) is 28.0. The first-order valence-electron chi connectivity index (χ1n) is 15.3. The molecule has 0 aliphatic carbocycles. The van der Waals surface area contributed by atoms with E-state index >= 15 is 0 Å². The van der Waals surface area contributed by atoms with E-state index in [1.807, 2.05) is 67.6 Å². The topological polar surface area (TPSA) is 109 Å². The number of hydrogen-bond donors (Lipinski definition) is 2. The van der Waals surface area contributed by atoms with Gasteiger partial charge in [0.2, 0.25) is 0 Å². The molecule has 2 aromatic heterocycles. The van der Waals surface area contributed by atoms with Crippen LogP contribution in [-0.2, 0) is 16.0 Å². The maximum absolute atomic E-state index is 12.6. The largest absolute Gasteiger partial charge is 0.508 e. The molecule has 0 atom stereocenters. The minimum atomic E-state index is -0.500. The first-order valence-corrected chi connectivity index (χ1v) is 15.7. The summed E-state index contributed by atoms with van der Waals surface area (Å²) in [6.45, 7) is 12.8.